The minimum atomic E-state index is -3.57. The Morgan fingerprint density at radius 1 is 1.30 bits per heavy atom. The highest BCUT2D eigenvalue weighted by molar-refractivity contribution is 9.10. The summed E-state index contributed by atoms with van der Waals surface area (Å²) in [5, 5.41) is 2.86. The molecule has 1 heterocycles. The second kappa shape index (κ2) is 5.94. The zero-order valence-electron chi connectivity index (χ0n) is 10.5. The molecule has 0 saturated heterocycles. The lowest BCUT2D eigenvalue weighted by Crippen LogP contribution is -2.17. The van der Waals surface area contributed by atoms with Crippen LogP contribution in [-0.2, 0) is 16.6 Å². The molecule has 0 fully saturated rings. The zero-order valence-corrected chi connectivity index (χ0v) is 12.9. The maximum atomic E-state index is 13.1. The molecule has 0 unspecified atom stereocenters. The molecule has 0 spiro atoms. The van der Waals surface area contributed by atoms with E-state index in [-0.39, 0.29) is 17.5 Å². The number of sulfonamides is 1. The van der Waals surface area contributed by atoms with Crippen molar-refractivity contribution in [3.8, 4) is 0 Å². The lowest BCUT2D eigenvalue weighted by Gasteiger charge is -2.05. The number of halogens is 2. The molecule has 2 aromatic rings. The normalized spacial score (nSPS) is 11.6. The van der Waals surface area contributed by atoms with Gasteiger partial charge in [0.1, 0.15) is 11.6 Å². The molecule has 0 atom stereocenters. The monoisotopic (exact) mass is 362 g/mol. The molecule has 1 aromatic carbocycles. The highest BCUT2D eigenvalue weighted by Crippen LogP contribution is 2.21. The van der Waals surface area contributed by atoms with Gasteiger partial charge in [-0.3, -0.25) is 0 Å². The SMILES string of the molecule is CNS(=O)(=O)c1ccc(CNc2ccc(F)c(Br)c2)o1. The topological polar surface area (TPSA) is 71.3 Å². The van der Waals surface area contributed by atoms with Crippen molar-refractivity contribution in [2.45, 2.75) is 11.6 Å². The number of benzene rings is 1. The second-order valence-electron chi connectivity index (χ2n) is 3.91. The van der Waals surface area contributed by atoms with Crippen LogP contribution in [0.4, 0.5) is 10.1 Å². The molecule has 0 amide bonds. The van der Waals surface area contributed by atoms with Gasteiger partial charge in [-0.25, -0.2) is 17.5 Å². The van der Waals surface area contributed by atoms with Gasteiger partial charge in [0.15, 0.2) is 0 Å². The average Bonchev–Trinajstić information content (AvgIpc) is 2.90. The van der Waals surface area contributed by atoms with E-state index in [0.29, 0.717) is 15.9 Å². The maximum absolute atomic E-state index is 13.1. The van der Waals surface area contributed by atoms with E-state index in [0.717, 1.165) is 0 Å². The fourth-order valence-corrected chi connectivity index (χ4v) is 2.54. The Kier molecular flexibility index (Phi) is 4.46. The van der Waals surface area contributed by atoms with Crippen molar-refractivity contribution in [1.82, 2.24) is 4.72 Å². The van der Waals surface area contributed by atoms with E-state index in [1.165, 1.54) is 19.2 Å². The predicted molar refractivity (Wildman–Crippen MR) is 76.4 cm³/mol. The molecule has 0 aliphatic carbocycles. The van der Waals surface area contributed by atoms with Crippen LogP contribution in [0.2, 0.25) is 0 Å². The summed E-state index contributed by atoms with van der Waals surface area (Å²) in [6, 6.07) is 7.43. The van der Waals surface area contributed by atoms with Gasteiger partial charge < -0.3 is 9.73 Å². The van der Waals surface area contributed by atoms with Crippen molar-refractivity contribution in [3.63, 3.8) is 0 Å². The first-order valence-electron chi connectivity index (χ1n) is 5.63. The third-order valence-corrected chi connectivity index (χ3v) is 4.45. The molecule has 0 saturated carbocycles. The van der Waals surface area contributed by atoms with Crippen molar-refractivity contribution < 1.29 is 17.2 Å². The van der Waals surface area contributed by atoms with Crippen molar-refractivity contribution >= 4 is 31.6 Å². The quantitative estimate of drug-likeness (QED) is 0.857. The van der Waals surface area contributed by atoms with Crippen LogP contribution in [0.25, 0.3) is 0 Å². The van der Waals surface area contributed by atoms with Crippen LogP contribution in [0.1, 0.15) is 5.76 Å². The molecule has 8 heteroatoms. The summed E-state index contributed by atoms with van der Waals surface area (Å²) < 4.78 is 43.8. The van der Waals surface area contributed by atoms with Crippen LogP contribution in [0.15, 0.2) is 44.3 Å². The molecule has 1 aromatic heterocycles. The number of furan rings is 1. The Morgan fingerprint density at radius 3 is 2.70 bits per heavy atom. The summed E-state index contributed by atoms with van der Waals surface area (Å²) in [6.07, 6.45) is 0. The smallest absolute Gasteiger partial charge is 0.273 e. The Balaban J connectivity index is 2.06. The Morgan fingerprint density at radius 2 is 2.05 bits per heavy atom. The summed E-state index contributed by atoms with van der Waals surface area (Å²) in [5.74, 6) is 0.107. The largest absolute Gasteiger partial charge is 0.446 e. The number of hydrogen-bond acceptors (Lipinski definition) is 4. The van der Waals surface area contributed by atoms with Crippen molar-refractivity contribution in [3.05, 3.63) is 46.4 Å². The van der Waals surface area contributed by atoms with E-state index in [4.69, 9.17) is 4.42 Å². The third kappa shape index (κ3) is 3.38. The minimum absolute atomic E-state index is 0.142. The lowest BCUT2D eigenvalue weighted by atomic mass is 10.3. The van der Waals surface area contributed by atoms with Gasteiger partial charge >= 0.3 is 0 Å². The van der Waals surface area contributed by atoms with Gasteiger partial charge in [0.05, 0.1) is 11.0 Å². The minimum Gasteiger partial charge on any atom is -0.446 e. The van der Waals surface area contributed by atoms with Crippen LogP contribution in [-0.4, -0.2) is 15.5 Å². The average molecular weight is 363 g/mol. The van der Waals surface area contributed by atoms with Crippen LogP contribution >= 0.6 is 15.9 Å². The van der Waals surface area contributed by atoms with E-state index in [1.54, 1.807) is 18.2 Å². The highest BCUT2D eigenvalue weighted by atomic mass is 79.9. The number of rotatable bonds is 5. The molecular weight excluding hydrogens is 351 g/mol. The van der Waals surface area contributed by atoms with Crippen molar-refractivity contribution in [1.29, 1.82) is 0 Å². The van der Waals surface area contributed by atoms with Crippen molar-refractivity contribution in [2.75, 3.05) is 12.4 Å². The van der Waals surface area contributed by atoms with E-state index < -0.39 is 10.0 Å². The van der Waals surface area contributed by atoms with E-state index >= 15 is 0 Å². The first-order valence-corrected chi connectivity index (χ1v) is 7.91. The first-order chi connectivity index (χ1) is 9.42. The number of hydrogen-bond donors (Lipinski definition) is 2. The summed E-state index contributed by atoms with van der Waals surface area (Å²) >= 11 is 3.09. The van der Waals surface area contributed by atoms with Gasteiger partial charge in [-0.2, -0.15) is 0 Å². The summed E-state index contributed by atoms with van der Waals surface area (Å²) in [6.45, 7) is 0.289. The summed E-state index contributed by atoms with van der Waals surface area (Å²) in [5.41, 5.74) is 0.688. The fraction of sp³-hybridized carbons (Fsp3) is 0.167. The van der Waals surface area contributed by atoms with Crippen LogP contribution in [0.5, 0.6) is 0 Å². The van der Waals surface area contributed by atoms with E-state index in [1.807, 2.05) is 0 Å². The van der Waals surface area contributed by atoms with Crippen LogP contribution in [0, 0.1) is 5.82 Å². The molecule has 20 heavy (non-hydrogen) atoms. The van der Waals surface area contributed by atoms with Gasteiger partial charge in [-0.1, -0.05) is 0 Å². The number of nitrogens with one attached hydrogen (secondary N) is 2. The molecule has 108 valence electrons. The highest BCUT2D eigenvalue weighted by Gasteiger charge is 2.16. The molecule has 5 nitrogen and oxygen atoms in total. The predicted octanol–water partition coefficient (Wildman–Crippen LogP) is 2.70. The standard InChI is InChI=1S/C12H12BrFN2O3S/c1-15-20(17,18)12-5-3-9(19-12)7-16-8-2-4-11(14)10(13)6-8/h2-6,15-16H,7H2,1H3. The molecule has 0 aliphatic heterocycles. The molecule has 0 aliphatic rings. The van der Waals surface area contributed by atoms with Crippen LogP contribution < -0.4 is 10.0 Å². The third-order valence-electron chi connectivity index (χ3n) is 2.56. The van der Waals surface area contributed by atoms with Gasteiger partial charge in [0.25, 0.3) is 10.0 Å². The zero-order chi connectivity index (χ0) is 14.8. The van der Waals surface area contributed by atoms with E-state index in [2.05, 4.69) is 26.0 Å². The lowest BCUT2D eigenvalue weighted by molar-refractivity contribution is 0.417. The van der Waals surface area contributed by atoms with Gasteiger partial charge in [-0.15, -0.1) is 0 Å². The van der Waals surface area contributed by atoms with Gasteiger partial charge in [-0.05, 0) is 53.3 Å². The van der Waals surface area contributed by atoms with Crippen molar-refractivity contribution in [2.24, 2.45) is 0 Å². The second-order valence-corrected chi connectivity index (χ2v) is 6.58. The van der Waals surface area contributed by atoms with Gasteiger partial charge in [0, 0.05) is 5.69 Å². The Hall–Kier alpha value is -1.38. The maximum Gasteiger partial charge on any atom is 0.273 e. The van der Waals surface area contributed by atoms with E-state index in [9.17, 15) is 12.8 Å². The Bertz CT molecular complexity index is 715. The van der Waals surface area contributed by atoms with Gasteiger partial charge in [0.2, 0.25) is 5.09 Å². The number of anilines is 1. The molecule has 2 N–H and O–H groups in total. The molecule has 2 rings (SSSR count). The van der Waals surface area contributed by atoms with Crippen LogP contribution in [0.3, 0.4) is 0 Å². The summed E-state index contributed by atoms with van der Waals surface area (Å²) in [7, 11) is -2.26. The summed E-state index contributed by atoms with van der Waals surface area (Å²) in [4.78, 5) is 0. The Labute approximate surface area is 124 Å². The first kappa shape index (κ1) is 15.0. The fourth-order valence-electron chi connectivity index (χ4n) is 1.49. The molecular formula is C12H12BrFN2O3S. The molecule has 0 radical (unpaired) electrons. The molecule has 0 bridgehead atoms.